The molecule has 1 atom stereocenters. The number of carboxylic acid groups (broad SMARTS) is 1. The monoisotopic (exact) mass is 450 g/mol. The highest BCUT2D eigenvalue weighted by Crippen LogP contribution is 2.35. The number of carbonyl (C=O) groups is 1. The number of halogens is 1. The van der Waals surface area contributed by atoms with Crippen molar-refractivity contribution in [2.24, 2.45) is 0 Å². The summed E-state index contributed by atoms with van der Waals surface area (Å²) < 4.78 is 20.1. The SMILES string of the molecule is COc1ccc(CCN(c2nc3cccc(F)c3s2)C(C)c2ccc(C(=O)O)cc2)cc1. The molecule has 0 saturated heterocycles. The Labute approximate surface area is 189 Å². The van der Waals surface area contributed by atoms with Gasteiger partial charge in [-0.15, -0.1) is 0 Å². The van der Waals surface area contributed by atoms with E-state index in [-0.39, 0.29) is 17.4 Å². The van der Waals surface area contributed by atoms with Crippen molar-refractivity contribution in [2.75, 3.05) is 18.6 Å². The van der Waals surface area contributed by atoms with Gasteiger partial charge in [0.05, 0.1) is 28.9 Å². The van der Waals surface area contributed by atoms with Gasteiger partial charge in [-0.05, 0) is 60.9 Å². The van der Waals surface area contributed by atoms with Crippen LogP contribution in [0, 0.1) is 5.82 Å². The fourth-order valence-electron chi connectivity index (χ4n) is 3.61. The van der Waals surface area contributed by atoms with Gasteiger partial charge in [0.2, 0.25) is 0 Å². The van der Waals surface area contributed by atoms with Crippen LogP contribution in [0.25, 0.3) is 10.2 Å². The number of ether oxygens (including phenoxy) is 1. The van der Waals surface area contributed by atoms with Gasteiger partial charge in [0, 0.05) is 6.54 Å². The van der Waals surface area contributed by atoms with Crippen LogP contribution in [0.5, 0.6) is 5.75 Å². The van der Waals surface area contributed by atoms with E-state index < -0.39 is 5.97 Å². The number of fused-ring (bicyclic) bond motifs is 1. The first-order valence-electron chi connectivity index (χ1n) is 10.2. The Balaban J connectivity index is 1.65. The van der Waals surface area contributed by atoms with Crippen molar-refractivity contribution < 1.29 is 19.0 Å². The Bertz CT molecular complexity index is 1220. The molecule has 0 saturated carbocycles. The van der Waals surface area contributed by atoms with E-state index in [4.69, 9.17) is 9.72 Å². The van der Waals surface area contributed by atoms with E-state index in [2.05, 4.69) is 4.90 Å². The Morgan fingerprint density at radius 3 is 2.47 bits per heavy atom. The van der Waals surface area contributed by atoms with E-state index in [1.165, 1.54) is 17.4 Å². The van der Waals surface area contributed by atoms with Crippen molar-refractivity contribution in [1.82, 2.24) is 4.98 Å². The Morgan fingerprint density at radius 2 is 1.84 bits per heavy atom. The van der Waals surface area contributed by atoms with Crippen molar-refractivity contribution in [2.45, 2.75) is 19.4 Å². The van der Waals surface area contributed by atoms with E-state index in [0.29, 0.717) is 16.8 Å². The zero-order valence-electron chi connectivity index (χ0n) is 17.8. The maximum Gasteiger partial charge on any atom is 0.335 e. The van der Waals surface area contributed by atoms with Crippen molar-refractivity contribution in [3.63, 3.8) is 0 Å². The third-order valence-electron chi connectivity index (χ3n) is 5.51. The lowest BCUT2D eigenvalue weighted by atomic mass is 10.0. The molecule has 0 aliphatic rings. The highest BCUT2D eigenvalue weighted by Gasteiger charge is 2.21. The average molecular weight is 451 g/mol. The van der Waals surface area contributed by atoms with Crippen LogP contribution in [0.4, 0.5) is 9.52 Å². The first kappa shape index (κ1) is 21.8. The predicted molar refractivity (Wildman–Crippen MR) is 125 cm³/mol. The van der Waals surface area contributed by atoms with Crippen LogP contribution in [-0.4, -0.2) is 29.7 Å². The topological polar surface area (TPSA) is 62.7 Å². The normalized spacial score (nSPS) is 12.0. The zero-order chi connectivity index (χ0) is 22.7. The van der Waals surface area contributed by atoms with Gasteiger partial charge in [-0.2, -0.15) is 0 Å². The quantitative estimate of drug-likeness (QED) is 0.359. The molecular formula is C25H23FN2O3S. The predicted octanol–water partition coefficient (Wildman–Crippen LogP) is 5.95. The summed E-state index contributed by atoms with van der Waals surface area (Å²) in [5.74, 6) is -0.429. The second-order valence-electron chi connectivity index (χ2n) is 7.48. The van der Waals surface area contributed by atoms with Gasteiger partial charge in [-0.3, -0.25) is 0 Å². The molecule has 0 amide bonds. The molecule has 0 aliphatic carbocycles. The van der Waals surface area contributed by atoms with Crippen molar-refractivity contribution >= 4 is 32.7 Å². The molecule has 1 N–H and O–H groups in total. The molecule has 1 aromatic heterocycles. The van der Waals surface area contributed by atoms with Crippen LogP contribution in [0.3, 0.4) is 0 Å². The third kappa shape index (κ3) is 4.57. The zero-order valence-corrected chi connectivity index (χ0v) is 18.6. The van der Waals surface area contributed by atoms with E-state index >= 15 is 0 Å². The molecule has 1 unspecified atom stereocenters. The molecule has 0 radical (unpaired) electrons. The summed E-state index contributed by atoms with van der Waals surface area (Å²) in [4.78, 5) is 18.0. The summed E-state index contributed by atoms with van der Waals surface area (Å²) in [5, 5.41) is 9.92. The average Bonchev–Trinajstić information content (AvgIpc) is 3.25. The number of anilines is 1. The summed E-state index contributed by atoms with van der Waals surface area (Å²) in [7, 11) is 1.64. The lowest BCUT2D eigenvalue weighted by molar-refractivity contribution is 0.0697. The number of aromatic carboxylic acids is 1. The van der Waals surface area contributed by atoms with Crippen molar-refractivity contribution in [1.29, 1.82) is 0 Å². The van der Waals surface area contributed by atoms with Crippen LogP contribution >= 0.6 is 11.3 Å². The number of methoxy groups -OCH3 is 1. The van der Waals surface area contributed by atoms with E-state index in [1.54, 1.807) is 25.3 Å². The molecule has 164 valence electrons. The molecule has 4 aromatic rings. The number of nitrogens with zero attached hydrogens (tertiary/aromatic N) is 2. The minimum absolute atomic E-state index is 0.0836. The smallest absolute Gasteiger partial charge is 0.335 e. The largest absolute Gasteiger partial charge is 0.497 e. The van der Waals surface area contributed by atoms with Crippen LogP contribution in [0.1, 0.15) is 34.5 Å². The number of hydrogen-bond donors (Lipinski definition) is 1. The molecule has 0 aliphatic heterocycles. The van der Waals surface area contributed by atoms with Gasteiger partial charge in [0.1, 0.15) is 11.6 Å². The first-order valence-corrected chi connectivity index (χ1v) is 11.1. The minimum atomic E-state index is -0.956. The number of thiazole rings is 1. The van der Waals surface area contributed by atoms with Crippen LogP contribution in [0.15, 0.2) is 66.7 Å². The second kappa shape index (κ2) is 9.36. The lowest BCUT2D eigenvalue weighted by Gasteiger charge is -2.29. The standard InChI is InChI=1S/C25H23FN2O3S/c1-16(18-8-10-19(11-9-18)24(29)30)28(15-14-17-6-12-20(31-2)13-7-17)25-27-22-5-3-4-21(26)23(22)32-25/h3-13,16H,14-15H2,1-2H3,(H,29,30). The third-order valence-corrected chi connectivity index (χ3v) is 6.63. The van der Waals surface area contributed by atoms with E-state index in [1.807, 2.05) is 49.4 Å². The molecule has 32 heavy (non-hydrogen) atoms. The highest BCUT2D eigenvalue weighted by molar-refractivity contribution is 7.22. The van der Waals surface area contributed by atoms with E-state index in [0.717, 1.165) is 28.4 Å². The Morgan fingerprint density at radius 1 is 1.12 bits per heavy atom. The van der Waals surface area contributed by atoms with Gasteiger partial charge in [0.15, 0.2) is 5.13 Å². The summed E-state index contributed by atoms with van der Waals surface area (Å²) in [6.45, 7) is 2.71. The number of aromatic nitrogens is 1. The van der Waals surface area contributed by atoms with Gasteiger partial charge in [0.25, 0.3) is 0 Å². The molecule has 4 rings (SSSR count). The number of benzene rings is 3. The number of rotatable bonds is 8. The summed E-state index contributed by atoms with van der Waals surface area (Å²) in [6, 6.07) is 19.6. The molecule has 3 aromatic carbocycles. The molecular weight excluding hydrogens is 427 g/mol. The highest BCUT2D eigenvalue weighted by atomic mass is 32.1. The van der Waals surface area contributed by atoms with Gasteiger partial charge >= 0.3 is 5.97 Å². The van der Waals surface area contributed by atoms with Crippen LogP contribution in [0.2, 0.25) is 0 Å². The molecule has 7 heteroatoms. The molecule has 0 bridgehead atoms. The van der Waals surface area contributed by atoms with Crippen molar-refractivity contribution in [3.05, 3.63) is 89.2 Å². The maximum atomic E-state index is 14.3. The molecule has 0 fully saturated rings. The fourth-order valence-corrected chi connectivity index (χ4v) is 4.68. The molecule has 5 nitrogen and oxygen atoms in total. The van der Waals surface area contributed by atoms with Crippen LogP contribution < -0.4 is 9.64 Å². The first-order chi connectivity index (χ1) is 15.5. The summed E-state index contributed by atoms with van der Waals surface area (Å²) in [5.41, 5.74) is 2.99. The van der Waals surface area contributed by atoms with Gasteiger partial charge in [-0.1, -0.05) is 41.7 Å². The minimum Gasteiger partial charge on any atom is -0.497 e. The van der Waals surface area contributed by atoms with Crippen molar-refractivity contribution in [3.8, 4) is 5.75 Å². The Hall–Kier alpha value is -3.45. The van der Waals surface area contributed by atoms with Gasteiger partial charge < -0.3 is 14.7 Å². The Kier molecular flexibility index (Phi) is 6.37. The summed E-state index contributed by atoms with van der Waals surface area (Å²) in [6.07, 6.45) is 0.764. The molecule has 0 spiro atoms. The van der Waals surface area contributed by atoms with E-state index in [9.17, 15) is 14.3 Å². The number of carboxylic acids is 1. The molecule has 1 heterocycles. The van der Waals surface area contributed by atoms with Crippen LogP contribution in [-0.2, 0) is 6.42 Å². The second-order valence-corrected chi connectivity index (χ2v) is 8.46. The van der Waals surface area contributed by atoms with Gasteiger partial charge in [-0.25, -0.2) is 14.2 Å². The fraction of sp³-hybridized carbons (Fsp3) is 0.200. The number of hydrogen-bond acceptors (Lipinski definition) is 5. The lowest BCUT2D eigenvalue weighted by Crippen LogP contribution is -2.29. The maximum absolute atomic E-state index is 14.3. The summed E-state index contributed by atoms with van der Waals surface area (Å²) >= 11 is 1.33.